The van der Waals surface area contributed by atoms with Crippen LogP contribution in [0.5, 0.6) is 5.75 Å². The van der Waals surface area contributed by atoms with E-state index in [2.05, 4.69) is 16.0 Å². The summed E-state index contributed by atoms with van der Waals surface area (Å²) >= 11 is 0. The number of aliphatic hydroxyl groups is 1. The Balaban J connectivity index is 1.62. The zero-order valence-corrected chi connectivity index (χ0v) is 21.1. The number of rotatable bonds is 9. The molecule has 35 heavy (non-hydrogen) atoms. The fourth-order valence-electron chi connectivity index (χ4n) is 4.62. The van der Waals surface area contributed by atoms with Gasteiger partial charge in [0.15, 0.2) is 9.84 Å². The molecule has 1 atom stereocenters. The number of aromatic nitrogens is 2. The molecule has 0 saturated heterocycles. The van der Waals surface area contributed by atoms with E-state index in [1.54, 1.807) is 12.1 Å². The second kappa shape index (κ2) is 9.26. The molecule has 8 heteroatoms. The maximum absolute atomic E-state index is 12.9. The summed E-state index contributed by atoms with van der Waals surface area (Å²) < 4.78 is 32.0. The summed E-state index contributed by atoms with van der Waals surface area (Å²) in [6, 6.07) is 13.2. The number of hydrogen-bond donors (Lipinski definition) is 2. The number of pyridine rings is 1. The molecule has 184 valence electrons. The first-order valence-corrected chi connectivity index (χ1v) is 13.5. The minimum Gasteiger partial charge on any atom is -0.491 e. The number of aliphatic hydroxyl groups excluding tert-OH is 1. The van der Waals surface area contributed by atoms with E-state index in [-0.39, 0.29) is 17.8 Å². The molecule has 0 unspecified atom stereocenters. The smallest absolute Gasteiger partial charge is 0.181 e. The number of aryl methyl sites for hydroxylation is 1. The fourth-order valence-corrected chi connectivity index (χ4v) is 6.33. The Morgan fingerprint density at radius 2 is 2.00 bits per heavy atom. The van der Waals surface area contributed by atoms with E-state index in [1.807, 2.05) is 56.4 Å². The second-order valence-corrected chi connectivity index (χ2v) is 12.0. The van der Waals surface area contributed by atoms with Crippen LogP contribution >= 0.6 is 0 Å². The van der Waals surface area contributed by atoms with Crippen LogP contribution in [0.4, 0.5) is 0 Å². The molecule has 0 radical (unpaired) electrons. The van der Waals surface area contributed by atoms with Gasteiger partial charge in [0.25, 0.3) is 0 Å². The van der Waals surface area contributed by atoms with Gasteiger partial charge in [-0.25, -0.2) is 13.4 Å². The number of hydrogen-bond acceptors (Lipinski definition) is 6. The van der Waals surface area contributed by atoms with E-state index in [1.165, 1.54) is 0 Å². The summed E-state index contributed by atoms with van der Waals surface area (Å²) in [6.07, 6.45) is 3.29. The Kier molecular flexibility index (Phi) is 6.29. The van der Waals surface area contributed by atoms with Crippen molar-refractivity contribution < 1.29 is 18.3 Å². The van der Waals surface area contributed by atoms with Crippen LogP contribution in [-0.4, -0.2) is 67.5 Å². The standard InChI is InChI=1S/C27H31N3O4S/c1-17-11-23-25-22(19-5-4-6-21(12-19)35(32,33)20-7-8-20)9-10-24(26(25)29-27(23)28-13-17)34-16-18(15-31)14-30(2)3/h4-6,9-13,18,20,31H,7-8,14-16H2,1-3H3,(H,28,29)/t18-/m1/s1. The molecule has 1 fully saturated rings. The SMILES string of the molecule is Cc1cnc2[nH]c3c(OC[C@@H](CO)CN(C)C)ccc(-c4cccc(S(=O)(=O)C5CC5)c4)c3c2c1. The van der Waals surface area contributed by atoms with E-state index in [0.717, 1.165) is 51.5 Å². The Morgan fingerprint density at radius 3 is 2.71 bits per heavy atom. The third kappa shape index (κ3) is 4.66. The summed E-state index contributed by atoms with van der Waals surface area (Å²) in [7, 11) is 0.645. The van der Waals surface area contributed by atoms with Gasteiger partial charge in [-0.3, -0.25) is 0 Å². The average Bonchev–Trinajstić information content (AvgIpc) is 3.64. The van der Waals surface area contributed by atoms with E-state index in [4.69, 9.17) is 4.74 Å². The van der Waals surface area contributed by atoms with Crippen molar-refractivity contribution >= 4 is 31.8 Å². The molecule has 2 heterocycles. The highest BCUT2D eigenvalue weighted by molar-refractivity contribution is 7.92. The predicted octanol–water partition coefficient (Wildman–Crippen LogP) is 4.18. The van der Waals surface area contributed by atoms with Crippen molar-refractivity contribution in [2.24, 2.45) is 5.92 Å². The second-order valence-electron chi connectivity index (χ2n) is 9.79. The van der Waals surface area contributed by atoms with Gasteiger partial charge in [-0.05, 0) is 80.9 Å². The van der Waals surface area contributed by atoms with Crippen molar-refractivity contribution in [2.45, 2.75) is 29.9 Å². The number of benzene rings is 2. The lowest BCUT2D eigenvalue weighted by molar-refractivity contribution is 0.138. The molecule has 1 aliphatic rings. The van der Waals surface area contributed by atoms with Gasteiger partial charge in [0.2, 0.25) is 0 Å². The van der Waals surface area contributed by atoms with E-state index >= 15 is 0 Å². The van der Waals surface area contributed by atoms with Gasteiger partial charge < -0.3 is 19.7 Å². The zero-order chi connectivity index (χ0) is 24.7. The van der Waals surface area contributed by atoms with Crippen LogP contribution in [0.25, 0.3) is 33.1 Å². The Morgan fingerprint density at radius 1 is 1.20 bits per heavy atom. The van der Waals surface area contributed by atoms with Crippen molar-refractivity contribution in [1.29, 1.82) is 0 Å². The summed E-state index contributed by atoms with van der Waals surface area (Å²) in [4.78, 5) is 10.4. The predicted molar refractivity (Wildman–Crippen MR) is 139 cm³/mol. The van der Waals surface area contributed by atoms with Crippen LogP contribution in [0.2, 0.25) is 0 Å². The highest BCUT2D eigenvalue weighted by Crippen LogP contribution is 2.40. The number of fused-ring (bicyclic) bond motifs is 3. The quantitative estimate of drug-likeness (QED) is 0.363. The fraction of sp³-hybridized carbons (Fsp3) is 0.370. The number of ether oxygens (including phenoxy) is 1. The van der Waals surface area contributed by atoms with Gasteiger partial charge in [-0.15, -0.1) is 0 Å². The molecule has 1 aliphatic carbocycles. The third-order valence-electron chi connectivity index (χ3n) is 6.50. The van der Waals surface area contributed by atoms with Crippen LogP contribution in [0.15, 0.2) is 53.6 Å². The molecule has 2 N–H and O–H groups in total. The molecule has 4 aromatic rings. The molecule has 5 rings (SSSR count). The van der Waals surface area contributed by atoms with Gasteiger partial charge in [0, 0.05) is 29.4 Å². The lowest BCUT2D eigenvalue weighted by Gasteiger charge is -2.20. The van der Waals surface area contributed by atoms with Gasteiger partial charge in [-0.2, -0.15) is 0 Å². The summed E-state index contributed by atoms with van der Waals surface area (Å²) in [5, 5.41) is 11.4. The van der Waals surface area contributed by atoms with Crippen molar-refractivity contribution in [3.8, 4) is 16.9 Å². The monoisotopic (exact) mass is 493 g/mol. The molecule has 2 aromatic heterocycles. The molecule has 0 aliphatic heterocycles. The van der Waals surface area contributed by atoms with Crippen LogP contribution < -0.4 is 4.74 Å². The minimum absolute atomic E-state index is 0.0196. The van der Waals surface area contributed by atoms with Gasteiger partial charge >= 0.3 is 0 Å². The minimum atomic E-state index is -3.30. The molecule has 0 spiro atoms. The largest absolute Gasteiger partial charge is 0.491 e. The summed E-state index contributed by atoms with van der Waals surface area (Å²) in [5.41, 5.74) is 4.36. The lowest BCUT2D eigenvalue weighted by Crippen LogP contribution is -2.28. The molecule has 2 aromatic carbocycles. The number of nitrogens with one attached hydrogen (secondary N) is 1. The van der Waals surface area contributed by atoms with E-state index in [9.17, 15) is 13.5 Å². The Hall–Kier alpha value is -2.94. The molecular formula is C27H31N3O4S. The van der Waals surface area contributed by atoms with E-state index in [0.29, 0.717) is 23.8 Å². The number of sulfone groups is 1. The maximum Gasteiger partial charge on any atom is 0.181 e. The lowest BCUT2D eigenvalue weighted by atomic mass is 9.99. The molecule has 7 nitrogen and oxygen atoms in total. The van der Waals surface area contributed by atoms with Crippen molar-refractivity contribution in [3.63, 3.8) is 0 Å². The third-order valence-corrected chi connectivity index (χ3v) is 8.76. The van der Waals surface area contributed by atoms with Crippen molar-refractivity contribution in [3.05, 3.63) is 54.2 Å². The molecule has 0 amide bonds. The van der Waals surface area contributed by atoms with Gasteiger partial charge in [0.05, 0.1) is 28.9 Å². The number of H-pyrrole nitrogens is 1. The highest BCUT2D eigenvalue weighted by atomic mass is 32.2. The van der Waals surface area contributed by atoms with Crippen molar-refractivity contribution in [1.82, 2.24) is 14.9 Å². The number of aromatic amines is 1. The first kappa shape index (κ1) is 23.8. The van der Waals surface area contributed by atoms with Gasteiger partial charge in [-0.1, -0.05) is 12.1 Å². The molecule has 1 saturated carbocycles. The summed E-state index contributed by atoms with van der Waals surface area (Å²) in [5.74, 6) is 0.659. The van der Waals surface area contributed by atoms with Crippen LogP contribution in [0, 0.1) is 12.8 Å². The normalized spacial score (nSPS) is 15.2. The molecule has 0 bridgehead atoms. The number of nitrogens with zero attached hydrogens (tertiary/aromatic N) is 2. The highest BCUT2D eigenvalue weighted by Gasteiger charge is 2.37. The zero-order valence-electron chi connectivity index (χ0n) is 20.3. The first-order chi connectivity index (χ1) is 16.8. The first-order valence-electron chi connectivity index (χ1n) is 11.9. The molecular weight excluding hydrogens is 462 g/mol. The van der Waals surface area contributed by atoms with Gasteiger partial charge in [0.1, 0.15) is 11.4 Å². The Bertz CT molecular complexity index is 1490. The van der Waals surface area contributed by atoms with E-state index < -0.39 is 9.84 Å². The average molecular weight is 494 g/mol. The Labute approximate surface area is 205 Å². The maximum atomic E-state index is 12.9. The van der Waals surface area contributed by atoms with Crippen LogP contribution in [0.3, 0.4) is 0 Å². The van der Waals surface area contributed by atoms with Crippen molar-refractivity contribution in [2.75, 3.05) is 33.9 Å². The van der Waals surface area contributed by atoms with Crippen LogP contribution in [0.1, 0.15) is 18.4 Å². The topological polar surface area (TPSA) is 95.5 Å². The van der Waals surface area contributed by atoms with Crippen LogP contribution in [-0.2, 0) is 9.84 Å². The summed E-state index contributed by atoms with van der Waals surface area (Å²) in [6.45, 7) is 3.13.